The molecule has 0 saturated carbocycles. The van der Waals surface area contributed by atoms with E-state index in [-0.39, 0.29) is 5.78 Å². The Morgan fingerprint density at radius 1 is 1.53 bits per heavy atom. The molecule has 1 saturated heterocycles. The van der Waals surface area contributed by atoms with Crippen molar-refractivity contribution < 1.29 is 13.9 Å². The molecule has 3 nitrogen and oxygen atoms in total. The minimum absolute atomic E-state index is 0.0281. The highest BCUT2D eigenvalue weighted by atomic mass is 16.5. The van der Waals surface area contributed by atoms with Crippen LogP contribution in [0.25, 0.3) is 0 Å². The van der Waals surface area contributed by atoms with E-state index < -0.39 is 5.60 Å². The number of ketones is 1. The molecule has 0 N–H and O–H groups in total. The Kier molecular flexibility index (Phi) is 2.65. The van der Waals surface area contributed by atoms with Gasteiger partial charge in [-0.25, -0.2) is 0 Å². The molecule has 0 amide bonds. The van der Waals surface area contributed by atoms with Crippen LogP contribution < -0.4 is 0 Å². The summed E-state index contributed by atoms with van der Waals surface area (Å²) in [6.07, 6.45) is 2.54. The number of ether oxygens (including phenoxy) is 1. The van der Waals surface area contributed by atoms with E-state index in [1.54, 1.807) is 6.07 Å². The second-order valence-corrected chi connectivity index (χ2v) is 4.13. The summed E-state index contributed by atoms with van der Waals surface area (Å²) in [6, 6.07) is 3.60. The van der Waals surface area contributed by atoms with Gasteiger partial charge >= 0.3 is 0 Å². The standard InChI is InChI=1S/C12H16O3/c1-3-9-5-6-10(15-9)11(13)12(2)7-4-8-14-12/h5-6H,3-4,7-8H2,1-2H3. The summed E-state index contributed by atoms with van der Waals surface area (Å²) in [5.74, 6) is 1.25. The number of aryl methyl sites for hydroxylation is 1. The second-order valence-electron chi connectivity index (χ2n) is 4.13. The van der Waals surface area contributed by atoms with Crippen LogP contribution in [-0.2, 0) is 11.2 Å². The largest absolute Gasteiger partial charge is 0.458 e. The van der Waals surface area contributed by atoms with E-state index in [1.807, 2.05) is 19.9 Å². The van der Waals surface area contributed by atoms with Crippen LogP contribution in [0.4, 0.5) is 0 Å². The molecule has 0 aromatic carbocycles. The molecule has 2 heterocycles. The van der Waals surface area contributed by atoms with Gasteiger partial charge in [0.1, 0.15) is 11.4 Å². The summed E-state index contributed by atoms with van der Waals surface area (Å²) in [6.45, 7) is 4.51. The fourth-order valence-corrected chi connectivity index (χ4v) is 1.91. The number of Topliss-reactive ketones (excluding diaryl/α,β-unsaturated/α-hetero) is 1. The summed E-state index contributed by atoms with van der Waals surface area (Å²) in [5, 5.41) is 0. The second kappa shape index (κ2) is 3.81. The van der Waals surface area contributed by atoms with Gasteiger partial charge in [0.15, 0.2) is 5.76 Å². The lowest BCUT2D eigenvalue weighted by atomic mass is 9.96. The van der Waals surface area contributed by atoms with Gasteiger partial charge in [0.25, 0.3) is 0 Å². The third kappa shape index (κ3) is 1.84. The topological polar surface area (TPSA) is 39.4 Å². The smallest absolute Gasteiger partial charge is 0.229 e. The van der Waals surface area contributed by atoms with Gasteiger partial charge in [-0.3, -0.25) is 4.79 Å². The molecule has 1 aromatic heterocycles. The number of carbonyl (C=O) groups is 1. The Labute approximate surface area is 89.4 Å². The molecule has 15 heavy (non-hydrogen) atoms. The van der Waals surface area contributed by atoms with Crippen molar-refractivity contribution >= 4 is 5.78 Å². The average Bonchev–Trinajstić information content (AvgIpc) is 2.85. The Bertz CT molecular complexity index is 359. The Morgan fingerprint density at radius 3 is 2.87 bits per heavy atom. The van der Waals surface area contributed by atoms with Crippen LogP contribution in [0.2, 0.25) is 0 Å². The van der Waals surface area contributed by atoms with Crippen LogP contribution in [0.1, 0.15) is 43.0 Å². The van der Waals surface area contributed by atoms with Crippen LogP contribution in [0.3, 0.4) is 0 Å². The number of hydrogen-bond donors (Lipinski definition) is 0. The third-order valence-electron chi connectivity index (χ3n) is 2.93. The van der Waals surface area contributed by atoms with Crippen LogP contribution in [0, 0.1) is 0 Å². The van der Waals surface area contributed by atoms with Crippen molar-refractivity contribution in [3.05, 3.63) is 23.7 Å². The summed E-state index contributed by atoms with van der Waals surface area (Å²) in [5.41, 5.74) is -0.664. The van der Waals surface area contributed by atoms with Crippen LogP contribution >= 0.6 is 0 Å². The zero-order valence-electron chi connectivity index (χ0n) is 9.21. The SMILES string of the molecule is CCc1ccc(C(=O)C2(C)CCCO2)o1. The van der Waals surface area contributed by atoms with Crippen LogP contribution in [0.5, 0.6) is 0 Å². The molecule has 0 aliphatic carbocycles. The Balaban J connectivity index is 2.19. The summed E-state index contributed by atoms with van der Waals surface area (Å²) in [4.78, 5) is 12.1. The van der Waals surface area contributed by atoms with E-state index in [4.69, 9.17) is 9.15 Å². The molecule has 0 spiro atoms. The van der Waals surface area contributed by atoms with Gasteiger partial charge < -0.3 is 9.15 Å². The van der Waals surface area contributed by atoms with E-state index in [1.165, 1.54) is 0 Å². The molecular formula is C12H16O3. The monoisotopic (exact) mass is 208 g/mol. The van der Waals surface area contributed by atoms with Crippen molar-refractivity contribution in [3.8, 4) is 0 Å². The normalized spacial score (nSPS) is 25.7. The number of furan rings is 1. The highest BCUT2D eigenvalue weighted by molar-refractivity contribution is 6.00. The molecule has 3 heteroatoms. The Morgan fingerprint density at radius 2 is 2.33 bits per heavy atom. The van der Waals surface area contributed by atoms with Gasteiger partial charge in [0, 0.05) is 13.0 Å². The summed E-state index contributed by atoms with van der Waals surface area (Å²) >= 11 is 0. The molecule has 1 aromatic rings. The first kappa shape index (κ1) is 10.4. The van der Waals surface area contributed by atoms with E-state index in [2.05, 4.69) is 0 Å². The van der Waals surface area contributed by atoms with Crippen molar-refractivity contribution in [1.82, 2.24) is 0 Å². The van der Waals surface area contributed by atoms with Crippen LogP contribution in [-0.4, -0.2) is 18.0 Å². The van der Waals surface area contributed by atoms with E-state index in [9.17, 15) is 4.79 Å². The first-order chi connectivity index (χ1) is 7.15. The molecule has 1 unspecified atom stereocenters. The number of rotatable bonds is 3. The lowest BCUT2D eigenvalue weighted by Gasteiger charge is -2.19. The molecule has 0 bridgehead atoms. The van der Waals surface area contributed by atoms with Gasteiger partial charge in [-0.1, -0.05) is 6.92 Å². The maximum absolute atomic E-state index is 12.1. The molecule has 1 aliphatic rings. The van der Waals surface area contributed by atoms with Gasteiger partial charge in [-0.05, 0) is 31.9 Å². The van der Waals surface area contributed by atoms with Crippen molar-refractivity contribution in [1.29, 1.82) is 0 Å². The first-order valence-electron chi connectivity index (χ1n) is 5.43. The first-order valence-corrected chi connectivity index (χ1v) is 5.43. The van der Waals surface area contributed by atoms with E-state index >= 15 is 0 Å². The quantitative estimate of drug-likeness (QED) is 0.717. The molecule has 0 radical (unpaired) electrons. The average molecular weight is 208 g/mol. The van der Waals surface area contributed by atoms with Gasteiger partial charge in [0.05, 0.1) is 0 Å². The van der Waals surface area contributed by atoms with Crippen molar-refractivity contribution in [2.24, 2.45) is 0 Å². The maximum atomic E-state index is 12.1. The highest BCUT2D eigenvalue weighted by Gasteiger charge is 2.39. The lowest BCUT2D eigenvalue weighted by Crippen LogP contribution is -2.34. The number of carbonyl (C=O) groups excluding carboxylic acids is 1. The zero-order valence-corrected chi connectivity index (χ0v) is 9.21. The molecule has 1 aliphatic heterocycles. The minimum atomic E-state index is -0.664. The fraction of sp³-hybridized carbons (Fsp3) is 0.583. The summed E-state index contributed by atoms with van der Waals surface area (Å²) < 4.78 is 10.9. The van der Waals surface area contributed by atoms with Crippen molar-refractivity contribution in [2.75, 3.05) is 6.61 Å². The predicted octanol–water partition coefficient (Wildman–Crippen LogP) is 2.59. The maximum Gasteiger partial charge on any atom is 0.229 e. The van der Waals surface area contributed by atoms with Crippen molar-refractivity contribution in [2.45, 2.75) is 38.7 Å². The van der Waals surface area contributed by atoms with Gasteiger partial charge in [-0.2, -0.15) is 0 Å². The molecular weight excluding hydrogens is 192 g/mol. The van der Waals surface area contributed by atoms with E-state index in [0.717, 1.165) is 25.0 Å². The molecule has 1 atom stereocenters. The third-order valence-corrected chi connectivity index (χ3v) is 2.93. The van der Waals surface area contributed by atoms with Crippen LogP contribution in [0.15, 0.2) is 16.5 Å². The number of hydrogen-bond acceptors (Lipinski definition) is 3. The fourth-order valence-electron chi connectivity index (χ4n) is 1.91. The lowest BCUT2D eigenvalue weighted by molar-refractivity contribution is 0.0189. The zero-order chi connectivity index (χ0) is 10.9. The van der Waals surface area contributed by atoms with Crippen molar-refractivity contribution in [3.63, 3.8) is 0 Å². The molecule has 82 valence electrons. The van der Waals surface area contributed by atoms with E-state index in [0.29, 0.717) is 12.4 Å². The van der Waals surface area contributed by atoms with Gasteiger partial charge in [-0.15, -0.1) is 0 Å². The Hall–Kier alpha value is -1.09. The van der Waals surface area contributed by atoms with Gasteiger partial charge in [0.2, 0.25) is 5.78 Å². The highest BCUT2D eigenvalue weighted by Crippen LogP contribution is 2.29. The summed E-state index contributed by atoms with van der Waals surface area (Å²) in [7, 11) is 0. The molecule has 1 fully saturated rings. The minimum Gasteiger partial charge on any atom is -0.458 e. The molecule has 2 rings (SSSR count). The predicted molar refractivity (Wildman–Crippen MR) is 56.0 cm³/mol.